The molecule has 7 nitrogen and oxygen atoms in total. The zero-order valence-corrected chi connectivity index (χ0v) is 14.5. The topological polar surface area (TPSA) is 81.6 Å². The van der Waals surface area contributed by atoms with Crippen LogP contribution in [0.25, 0.3) is 5.82 Å². The molecule has 1 aliphatic rings. The van der Waals surface area contributed by atoms with Gasteiger partial charge in [-0.3, -0.25) is 4.57 Å². The lowest BCUT2D eigenvalue weighted by Gasteiger charge is -2.27. The number of nitrogens with two attached hydrogens (primary N) is 1. The summed E-state index contributed by atoms with van der Waals surface area (Å²) in [5.74, 6) is 1.39. The summed E-state index contributed by atoms with van der Waals surface area (Å²) in [5.41, 5.74) is 7.08. The summed E-state index contributed by atoms with van der Waals surface area (Å²) < 4.78 is 7.16. The predicted molar refractivity (Wildman–Crippen MR) is 94.5 cm³/mol. The van der Waals surface area contributed by atoms with E-state index >= 15 is 0 Å². The molecule has 8 heteroatoms. The normalized spacial score (nSPS) is 15.5. The van der Waals surface area contributed by atoms with Gasteiger partial charge in [0.05, 0.1) is 19.8 Å². The monoisotopic (exact) mass is 414 g/mol. The Balaban J connectivity index is 0.00000176. The molecule has 0 radical (unpaired) electrons. The van der Waals surface area contributed by atoms with Crippen LogP contribution < -0.4 is 5.73 Å². The van der Waals surface area contributed by atoms with Crippen LogP contribution in [0.5, 0.6) is 0 Å². The number of halogens is 1. The first kappa shape index (κ1) is 16.7. The first-order valence-electron chi connectivity index (χ1n) is 6.89. The van der Waals surface area contributed by atoms with Crippen LogP contribution in [0.2, 0.25) is 0 Å². The Morgan fingerprint density at radius 2 is 2.14 bits per heavy atom. The Labute approximate surface area is 146 Å². The standard InChI is InChI=1S/C14H18N6O.HI/c15-14(19-5-7-21-8-6-19)18-10-12-1-2-17-13(9-12)20-4-3-16-11-20;/h1-4,9,11H,5-8,10H2,(H2,15,18);1H. The first-order chi connectivity index (χ1) is 10.3. The third kappa shape index (κ3) is 4.17. The van der Waals surface area contributed by atoms with Crippen LogP contribution in [0.3, 0.4) is 0 Å². The second-order valence-electron chi connectivity index (χ2n) is 4.77. The van der Waals surface area contributed by atoms with Gasteiger partial charge in [0.1, 0.15) is 12.1 Å². The van der Waals surface area contributed by atoms with Crippen LogP contribution in [0, 0.1) is 0 Å². The highest BCUT2D eigenvalue weighted by Crippen LogP contribution is 2.08. The van der Waals surface area contributed by atoms with Crippen LogP contribution in [0.15, 0.2) is 42.0 Å². The van der Waals surface area contributed by atoms with Crippen molar-refractivity contribution in [2.75, 3.05) is 26.3 Å². The third-order valence-electron chi connectivity index (χ3n) is 3.34. The highest BCUT2D eigenvalue weighted by Gasteiger charge is 2.11. The zero-order chi connectivity index (χ0) is 14.5. The number of morpholine rings is 1. The average Bonchev–Trinajstić information content (AvgIpc) is 3.08. The molecule has 2 aromatic heterocycles. The van der Waals surface area contributed by atoms with Crippen LogP contribution >= 0.6 is 24.0 Å². The van der Waals surface area contributed by atoms with E-state index in [1.54, 1.807) is 18.7 Å². The smallest absolute Gasteiger partial charge is 0.191 e. The van der Waals surface area contributed by atoms with E-state index < -0.39 is 0 Å². The summed E-state index contributed by atoms with van der Waals surface area (Å²) in [6, 6.07) is 3.92. The van der Waals surface area contributed by atoms with Crippen LogP contribution in [0.1, 0.15) is 5.56 Å². The van der Waals surface area contributed by atoms with E-state index in [2.05, 4.69) is 15.0 Å². The number of aromatic nitrogens is 3. The SMILES string of the molecule is I.NC(=NCc1ccnc(-n2ccnc2)c1)N1CCOCC1. The van der Waals surface area contributed by atoms with E-state index in [1.165, 1.54) is 0 Å². The van der Waals surface area contributed by atoms with Gasteiger partial charge < -0.3 is 15.4 Å². The largest absolute Gasteiger partial charge is 0.378 e. The Hall–Kier alpha value is -1.68. The van der Waals surface area contributed by atoms with Crippen LogP contribution in [-0.2, 0) is 11.3 Å². The van der Waals surface area contributed by atoms with E-state index in [0.29, 0.717) is 25.7 Å². The Morgan fingerprint density at radius 1 is 1.32 bits per heavy atom. The highest BCUT2D eigenvalue weighted by atomic mass is 127. The van der Waals surface area contributed by atoms with Gasteiger partial charge in [0.2, 0.25) is 0 Å². The van der Waals surface area contributed by atoms with Gasteiger partial charge in [0.25, 0.3) is 0 Å². The Bertz CT molecular complexity index is 610. The lowest BCUT2D eigenvalue weighted by atomic mass is 10.2. The third-order valence-corrected chi connectivity index (χ3v) is 3.34. The van der Waals surface area contributed by atoms with Crippen molar-refractivity contribution in [2.45, 2.75) is 6.54 Å². The maximum absolute atomic E-state index is 6.02. The minimum Gasteiger partial charge on any atom is -0.378 e. The van der Waals surface area contributed by atoms with Crippen molar-refractivity contribution in [1.82, 2.24) is 19.4 Å². The number of pyridine rings is 1. The van der Waals surface area contributed by atoms with Crippen LogP contribution in [0.4, 0.5) is 0 Å². The number of imidazole rings is 1. The first-order valence-corrected chi connectivity index (χ1v) is 6.89. The highest BCUT2D eigenvalue weighted by molar-refractivity contribution is 14.0. The molecule has 0 aromatic carbocycles. The number of hydrogen-bond acceptors (Lipinski definition) is 4. The van der Waals surface area contributed by atoms with Gasteiger partial charge in [0, 0.05) is 31.7 Å². The van der Waals surface area contributed by atoms with Gasteiger partial charge in [-0.2, -0.15) is 0 Å². The van der Waals surface area contributed by atoms with E-state index in [1.807, 2.05) is 27.8 Å². The molecule has 0 atom stereocenters. The molecule has 0 aliphatic carbocycles. The fraction of sp³-hybridized carbons (Fsp3) is 0.357. The number of nitrogens with zero attached hydrogens (tertiary/aromatic N) is 5. The van der Waals surface area contributed by atoms with Gasteiger partial charge in [-0.15, -0.1) is 24.0 Å². The van der Waals surface area contributed by atoms with Crippen molar-refractivity contribution in [2.24, 2.45) is 10.7 Å². The minimum atomic E-state index is 0. The van der Waals surface area contributed by atoms with Crippen molar-refractivity contribution in [3.05, 3.63) is 42.6 Å². The maximum atomic E-state index is 6.02. The lowest BCUT2D eigenvalue weighted by molar-refractivity contribution is 0.0674. The summed E-state index contributed by atoms with van der Waals surface area (Å²) in [7, 11) is 0. The van der Waals surface area contributed by atoms with Gasteiger partial charge in [-0.1, -0.05) is 0 Å². The van der Waals surface area contributed by atoms with Crippen molar-refractivity contribution in [3.63, 3.8) is 0 Å². The maximum Gasteiger partial charge on any atom is 0.191 e. The van der Waals surface area contributed by atoms with Gasteiger partial charge in [0.15, 0.2) is 5.96 Å². The van der Waals surface area contributed by atoms with Gasteiger partial charge in [-0.05, 0) is 17.7 Å². The number of rotatable bonds is 3. The molecule has 3 heterocycles. The lowest BCUT2D eigenvalue weighted by Crippen LogP contribution is -2.44. The summed E-state index contributed by atoms with van der Waals surface area (Å²) in [6.45, 7) is 3.54. The summed E-state index contributed by atoms with van der Waals surface area (Å²) in [5, 5.41) is 0. The fourth-order valence-electron chi connectivity index (χ4n) is 2.16. The molecule has 2 N–H and O–H groups in total. The molecular formula is C14H19IN6O. The number of ether oxygens (including phenoxy) is 1. The van der Waals surface area contributed by atoms with E-state index in [4.69, 9.17) is 10.5 Å². The molecule has 2 aromatic rings. The molecule has 0 bridgehead atoms. The molecule has 3 rings (SSSR count). The molecule has 22 heavy (non-hydrogen) atoms. The van der Waals surface area contributed by atoms with Crippen molar-refractivity contribution in [1.29, 1.82) is 0 Å². The zero-order valence-electron chi connectivity index (χ0n) is 12.1. The van der Waals surface area contributed by atoms with E-state index in [9.17, 15) is 0 Å². The molecule has 0 saturated carbocycles. The van der Waals surface area contributed by atoms with E-state index in [0.717, 1.165) is 24.5 Å². The van der Waals surface area contributed by atoms with E-state index in [-0.39, 0.29) is 24.0 Å². The number of guanidine groups is 1. The summed E-state index contributed by atoms with van der Waals surface area (Å²) in [4.78, 5) is 14.8. The second-order valence-corrected chi connectivity index (χ2v) is 4.77. The minimum absolute atomic E-state index is 0. The second kappa shape index (κ2) is 8.08. The van der Waals surface area contributed by atoms with Crippen LogP contribution in [-0.4, -0.2) is 51.7 Å². The van der Waals surface area contributed by atoms with Gasteiger partial charge >= 0.3 is 0 Å². The molecule has 118 valence electrons. The quantitative estimate of drug-likeness (QED) is 0.461. The fourth-order valence-corrected chi connectivity index (χ4v) is 2.16. The average molecular weight is 414 g/mol. The van der Waals surface area contributed by atoms with Crippen molar-refractivity contribution < 1.29 is 4.74 Å². The van der Waals surface area contributed by atoms with Crippen molar-refractivity contribution in [3.8, 4) is 5.82 Å². The summed E-state index contributed by atoms with van der Waals surface area (Å²) in [6.07, 6.45) is 7.07. The van der Waals surface area contributed by atoms with Crippen molar-refractivity contribution >= 4 is 29.9 Å². The molecule has 0 unspecified atom stereocenters. The number of hydrogen-bond donors (Lipinski definition) is 1. The molecule has 1 aliphatic heterocycles. The summed E-state index contributed by atoms with van der Waals surface area (Å²) >= 11 is 0. The molecule has 0 amide bonds. The molecule has 1 fully saturated rings. The molecular weight excluding hydrogens is 395 g/mol. The van der Waals surface area contributed by atoms with Gasteiger partial charge in [-0.25, -0.2) is 15.0 Å². The Kier molecular flexibility index (Phi) is 6.13. The molecule has 0 spiro atoms. The molecule has 1 saturated heterocycles. The number of aliphatic imine (C=N–C) groups is 1. The predicted octanol–water partition coefficient (Wildman–Crippen LogP) is 1.03. The Morgan fingerprint density at radius 3 is 2.86 bits per heavy atom.